The summed E-state index contributed by atoms with van der Waals surface area (Å²) in [5.74, 6) is 1.05. The van der Waals surface area contributed by atoms with E-state index in [1.165, 1.54) is 25.7 Å². The van der Waals surface area contributed by atoms with Crippen molar-refractivity contribution in [3.8, 4) is 0 Å². The fourth-order valence-corrected chi connectivity index (χ4v) is 2.99. The highest BCUT2D eigenvalue weighted by Gasteiger charge is 2.34. The van der Waals surface area contributed by atoms with E-state index in [0.717, 1.165) is 6.54 Å². The molecule has 0 unspecified atom stereocenters. The number of nitrogens with one attached hydrogen (secondary N) is 2. The van der Waals surface area contributed by atoms with E-state index >= 15 is 0 Å². The topological polar surface area (TPSA) is 70.6 Å². The molecule has 0 aliphatic heterocycles. The maximum atomic E-state index is 11.4. The van der Waals surface area contributed by atoms with Crippen LogP contribution in [0, 0.1) is 5.41 Å². The summed E-state index contributed by atoms with van der Waals surface area (Å²) in [5, 5.41) is 6.38. The molecule has 0 heterocycles. The molecule has 0 saturated heterocycles. The Bertz CT molecular complexity index is 395. The second-order valence-electron chi connectivity index (χ2n) is 5.30. The second kappa shape index (κ2) is 7.12. The quantitative estimate of drug-likeness (QED) is 0.545. The SMILES string of the molecule is CCC1(CNC(=NC)NCCS(=O)(=O)CC)CCC1. The average molecular weight is 289 g/mol. The molecule has 0 aromatic rings. The first-order valence-corrected chi connectivity index (χ1v) is 8.94. The van der Waals surface area contributed by atoms with Crippen LogP contribution < -0.4 is 10.6 Å². The van der Waals surface area contributed by atoms with Crippen LogP contribution in [0.5, 0.6) is 0 Å². The zero-order valence-corrected chi connectivity index (χ0v) is 13.1. The molecule has 1 rings (SSSR count). The molecule has 0 aromatic heterocycles. The van der Waals surface area contributed by atoms with E-state index in [1.807, 2.05) is 0 Å². The first kappa shape index (κ1) is 16.3. The zero-order valence-electron chi connectivity index (χ0n) is 12.3. The lowest BCUT2D eigenvalue weighted by molar-refractivity contribution is 0.131. The van der Waals surface area contributed by atoms with E-state index in [1.54, 1.807) is 14.0 Å². The monoisotopic (exact) mass is 289 g/mol. The molecule has 19 heavy (non-hydrogen) atoms. The van der Waals surface area contributed by atoms with E-state index in [0.29, 0.717) is 17.9 Å². The number of hydrogen-bond donors (Lipinski definition) is 2. The van der Waals surface area contributed by atoms with Crippen molar-refractivity contribution in [1.29, 1.82) is 0 Å². The zero-order chi connectivity index (χ0) is 14.4. The van der Waals surface area contributed by atoms with Crippen LogP contribution in [0.1, 0.15) is 39.5 Å². The lowest BCUT2D eigenvalue weighted by atomic mass is 9.67. The maximum absolute atomic E-state index is 11.4. The van der Waals surface area contributed by atoms with Crippen LogP contribution >= 0.6 is 0 Å². The predicted molar refractivity (Wildman–Crippen MR) is 80.3 cm³/mol. The van der Waals surface area contributed by atoms with Crippen molar-refractivity contribution >= 4 is 15.8 Å². The molecule has 1 fully saturated rings. The summed E-state index contributed by atoms with van der Waals surface area (Å²) in [7, 11) is -1.20. The summed E-state index contributed by atoms with van der Waals surface area (Å²) in [5.41, 5.74) is 0.424. The second-order valence-corrected chi connectivity index (χ2v) is 7.77. The third-order valence-electron chi connectivity index (χ3n) is 4.16. The molecule has 0 atom stereocenters. The normalized spacial score (nSPS) is 18.8. The molecule has 1 aliphatic carbocycles. The Hall–Kier alpha value is -0.780. The minimum Gasteiger partial charge on any atom is -0.356 e. The molecule has 2 N–H and O–H groups in total. The van der Waals surface area contributed by atoms with Crippen molar-refractivity contribution in [1.82, 2.24) is 10.6 Å². The molecule has 0 amide bonds. The van der Waals surface area contributed by atoms with Crippen LogP contribution in [-0.2, 0) is 9.84 Å². The first-order chi connectivity index (χ1) is 8.97. The van der Waals surface area contributed by atoms with Gasteiger partial charge in [-0.05, 0) is 24.7 Å². The third-order valence-corrected chi connectivity index (χ3v) is 5.87. The molecule has 0 aromatic carbocycles. The van der Waals surface area contributed by atoms with E-state index < -0.39 is 9.84 Å². The molecule has 1 saturated carbocycles. The van der Waals surface area contributed by atoms with Gasteiger partial charge in [0.2, 0.25) is 0 Å². The number of sulfone groups is 1. The Morgan fingerprint density at radius 3 is 2.37 bits per heavy atom. The Balaban J connectivity index is 2.31. The smallest absolute Gasteiger partial charge is 0.191 e. The van der Waals surface area contributed by atoms with Crippen LogP contribution in [0.25, 0.3) is 0 Å². The van der Waals surface area contributed by atoms with Gasteiger partial charge in [0.05, 0.1) is 5.75 Å². The Kier molecular flexibility index (Phi) is 6.10. The third kappa shape index (κ3) is 5.01. The van der Waals surface area contributed by atoms with Gasteiger partial charge in [0, 0.05) is 25.9 Å². The van der Waals surface area contributed by atoms with Crippen molar-refractivity contribution in [3.05, 3.63) is 0 Å². The van der Waals surface area contributed by atoms with Gasteiger partial charge in [-0.15, -0.1) is 0 Å². The minimum absolute atomic E-state index is 0.156. The van der Waals surface area contributed by atoms with Crippen molar-refractivity contribution in [2.24, 2.45) is 10.4 Å². The lowest BCUT2D eigenvalue weighted by Crippen LogP contribution is -2.47. The fraction of sp³-hybridized carbons (Fsp3) is 0.923. The molecular weight excluding hydrogens is 262 g/mol. The Morgan fingerprint density at radius 1 is 1.26 bits per heavy atom. The maximum Gasteiger partial charge on any atom is 0.191 e. The van der Waals surface area contributed by atoms with Gasteiger partial charge in [0.15, 0.2) is 15.8 Å². The summed E-state index contributed by atoms with van der Waals surface area (Å²) in [4.78, 5) is 4.13. The standard InChI is InChI=1S/C13H27N3O2S/c1-4-13(7-6-8-13)11-16-12(14-3)15-9-10-19(17,18)5-2/h4-11H2,1-3H3,(H2,14,15,16). The minimum atomic E-state index is -2.91. The van der Waals surface area contributed by atoms with Crippen molar-refractivity contribution in [2.45, 2.75) is 39.5 Å². The summed E-state index contributed by atoms with van der Waals surface area (Å²) in [6.45, 7) is 5.23. The average Bonchev–Trinajstić information content (AvgIpc) is 2.35. The molecule has 0 radical (unpaired) electrons. The number of guanidine groups is 1. The lowest BCUT2D eigenvalue weighted by Gasteiger charge is -2.41. The van der Waals surface area contributed by atoms with E-state index in [-0.39, 0.29) is 11.5 Å². The fourth-order valence-electron chi connectivity index (χ4n) is 2.29. The van der Waals surface area contributed by atoms with Gasteiger partial charge in [-0.1, -0.05) is 20.3 Å². The van der Waals surface area contributed by atoms with Gasteiger partial charge in [-0.3, -0.25) is 4.99 Å². The summed E-state index contributed by atoms with van der Waals surface area (Å²) < 4.78 is 22.8. The van der Waals surface area contributed by atoms with Gasteiger partial charge >= 0.3 is 0 Å². The molecular formula is C13H27N3O2S. The number of aliphatic imine (C=N–C) groups is 1. The molecule has 1 aliphatic rings. The molecule has 5 nitrogen and oxygen atoms in total. The van der Waals surface area contributed by atoms with Crippen molar-refractivity contribution in [3.63, 3.8) is 0 Å². The highest BCUT2D eigenvalue weighted by atomic mass is 32.2. The van der Waals surface area contributed by atoms with Gasteiger partial charge in [0.25, 0.3) is 0 Å². The van der Waals surface area contributed by atoms with Crippen molar-refractivity contribution < 1.29 is 8.42 Å². The number of rotatable bonds is 7. The number of nitrogens with zero attached hydrogens (tertiary/aromatic N) is 1. The molecule has 0 spiro atoms. The van der Waals surface area contributed by atoms with Crippen LogP contribution in [0.3, 0.4) is 0 Å². The van der Waals surface area contributed by atoms with Gasteiger partial charge < -0.3 is 10.6 Å². The van der Waals surface area contributed by atoms with Crippen LogP contribution in [0.4, 0.5) is 0 Å². The Morgan fingerprint density at radius 2 is 1.95 bits per heavy atom. The summed E-state index contributed by atoms with van der Waals surface area (Å²) in [6, 6.07) is 0. The highest BCUT2D eigenvalue weighted by molar-refractivity contribution is 7.91. The number of hydrogen-bond acceptors (Lipinski definition) is 3. The first-order valence-electron chi connectivity index (χ1n) is 7.12. The summed E-state index contributed by atoms with van der Waals surface area (Å²) in [6.07, 6.45) is 5.05. The summed E-state index contributed by atoms with van der Waals surface area (Å²) >= 11 is 0. The van der Waals surface area contributed by atoms with Gasteiger partial charge in [0.1, 0.15) is 0 Å². The van der Waals surface area contributed by atoms with Crippen LogP contribution in [0.2, 0.25) is 0 Å². The van der Waals surface area contributed by atoms with E-state index in [9.17, 15) is 8.42 Å². The molecule has 0 bridgehead atoms. The predicted octanol–water partition coefficient (Wildman–Crippen LogP) is 1.17. The van der Waals surface area contributed by atoms with Gasteiger partial charge in [-0.25, -0.2) is 8.42 Å². The van der Waals surface area contributed by atoms with E-state index in [4.69, 9.17) is 0 Å². The van der Waals surface area contributed by atoms with Crippen LogP contribution in [-0.4, -0.2) is 46.0 Å². The van der Waals surface area contributed by atoms with Crippen LogP contribution in [0.15, 0.2) is 4.99 Å². The Labute approximate surface area is 117 Å². The largest absolute Gasteiger partial charge is 0.356 e. The van der Waals surface area contributed by atoms with E-state index in [2.05, 4.69) is 22.5 Å². The highest BCUT2D eigenvalue weighted by Crippen LogP contribution is 2.42. The van der Waals surface area contributed by atoms with Crippen molar-refractivity contribution in [2.75, 3.05) is 31.6 Å². The molecule has 6 heteroatoms. The molecule has 112 valence electrons. The van der Waals surface area contributed by atoms with Gasteiger partial charge in [-0.2, -0.15) is 0 Å².